The van der Waals surface area contributed by atoms with E-state index < -0.39 is 29.1 Å². The normalized spacial score (nSPS) is 22.7. The number of unbranched alkanes of at least 4 members (excludes halogenated alkanes) is 1. The van der Waals surface area contributed by atoms with Crippen LogP contribution in [-0.2, 0) is 21.3 Å². The van der Waals surface area contributed by atoms with E-state index in [9.17, 15) is 23.1 Å². The van der Waals surface area contributed by atoms with E-state index in [1.54, 1.807) is 25.0 Å². The maximum absolute atomic E-state index is 15.7. The molecule has 2 aromatic rings. The zero-order chi connectivity index (χ0) is 30.5. The lowest BCUT2D eigenvalue weighted by atomic mass is 9.71. The molecule has 2 aromatic carbocycles. The molecule has 1 heterocycles. The predicted molar refractivity (Wildman–Crippen MR) is 152 cm³/mol. The van der Waals surface area contributed by atoms with Crippen LogP contribution < -0.4 is 10.5 Å². The first-order valence-electron chi connectivity index (χ1n) is 14.9. The molecule has 2 fully saturated rings. The van der Waals surface area contributed by atoms with Gasteiger partial charge in [0.2, 0.25) is 5.91 Å². The SMILES string of the molecule is CCOc1cc(-c2c(F)cccc2C(O)(CCCCOC)C2CCCN(C(=O)C3CCC(N)C3)C2)cc(C(F)(F)F)c1. The summed E-state index contributed by atoms with van der Waals surface area (Å²) in [5.41, 5.74) is 3.57. The third kappa shape index (κ3) is 7.26. The van der Waals surface area contributed by atoms with Gasteiger partial charge in [0.1, 0.15) is 11.6 Å². The third-order valence-electron chi connectivity index (χ3n) is 8.70. The van der Waals surface area contributed by atoms with Crippen molar-refractivity contribution in [3.63, 3.8) is 0 Å². The monoisotopic (exact) mass is 594 g/mol. The molecule has 0 aromatic heterocycles. The third-order valence-corrected chi connectivity index (χ3v) is 8.70. The molecule has 1 aliphatic heterocycles. The lowest BCUT2D eigenvalue weighted by Crippen LogP contribution is -2.49. The van der Waals surface area contributed by atoms with Crippen molar-refractivity contribution < 1.29 is 36.9 Å². The van der Waals surface area contributed by atoms with Gasteiger partial charge in [0.15, 0.2) is 0 Å². The maximum Gasteiger partial charge on any atom is 0.416 e. The summed E-state index contributed by atoms with van der Waals surface area (Å²) in [4.78, 5) is 15.2. The Balaban J connectivity index is 1.78. The lowest BCUT2D eigenvalue weighted by molar-refractivity contribution is -0.141. The average Bonchev–Trinajstić information content (AvgIpc) is 3.40. The van der Waals surface area contributed by atoms with Gasteiger partial charge in [-0.3, -0.25) is 4.79 Å². The molecule has 4 unspecified atom stereocenters. The summed E-state index contributed by atoms with van der Waals surface area (Å²) in [6.07, 6.45) is 0.106. The minimum Gasteiger partial charge on any atom is -0.494 e. The Bertz CT molecular complexity index is 1220. The molecule has 3 N–H and O–H groups in total. The van der Waals surface area contributed by atoms with Crippen LogP contribution in [0.1, 0.15) is 69.4 Å². The van der Waals surface area contributed by atoms with Gasteiger partial charge in [-0.05, 0) is 93.7 Å². The number of rotatable bonds is 11. The van der Waals surface area contributed by atoms with Gasteiger partial charge in [0.25, 0.3) is 0 Å². The molecule has 0 bridgehead atoms. The average molecular weight is 595 g/mol. The van der Waals surface area contributed by atoms with Gasteiger partial charge in [0.05, 0.1) is 17.8 Å². The number of halogens is 4. The van der Waals surface area contributed by atoms with Crippen molar-refractivity contribution in [1.29, 1.82) is 0 Å². The number of hydrogen-bond acceptors (Lipinski definition) is 5. The second-order valence-electron chi connectivity index (χ2n) is 11.6. The number of methoxy groups -OCH3 is 1. The number of nitrogens with two attached hydrogens (primary N) is 1. The van der Waals surface area contributed by atoms with Crippen LogP contribution in [0.3, 0.4) is 0 Å². The van der Waals surface area contributed by atoms with Crippen molar-refractivity contribution >= 4 is 5.91 Å². The summed E-state index contributed by atoms with van der Waals surface area (Å²) in [5.74, 6) is -1.36. The van der Waals surface area contributed by atoms with E-state index >= 15 is 4.39 Å². The minimum absolute atomic E-state index is 0.00106. The molecule has 1 aliphatic carbocycles. The van der Waals surface area contributed by atoms with Gasteiger partial charge in [-0.15, -0.1) is 0 Å². The van der Waals surface area contributed by atoms with Crippen LogP contribution in [0.25, 0.3) is 11.1 Å². The molecule has 1 saturated heterocycles. The number of carbonyl (C=O) groups excluding carboxylic acids is 1. The van der Waals surface area contributed by atoms with Crippen molar-refractivity contribution in [1.82, 2.24) is 4.90 Å². The standard InChI is InChI=1S/C32H42F4N2O4/c1-3-42-26-18-22(16-24(19-26)32(34,35)36)29-27(9-6-10-28(29)33)31(40,13-4-5-15-41-2)23-8-7-14-38(20-23)30(39)21-11-12-25(37)17-21/h6,9-10,16,18-19,21,23,25,40H,3-5,7-8,11-15,17,20,37H2,1-2H3. The summed E-state index contributed by atoms with van der Waals surface area (Å²) >= 11 is 0. The van der Waals surface area contributed by atoms with Gasteiger partial charge >= 0.3 is 6.18 Å². The number of benzene rings is 2. The number of piperidine rings is 1. The topological polar surface area (TPSA) is 85.0 Å². The fourth-order valence-electron chi connectivity index (χ4n) is 6.60. The molecule has 6 nitrogen and oxygen atoms in total. The Labute approximate surface area is 245 Å². The quantitative estimate of drug-likeness (QED) is 0.236. The highest BCUT2D eigenvalue weighted by Crippen LogP contribution is 2.46. The van der Waals surface area contributed by atoms with Gasteiger partial charge in [-0.2, -0.15) is 13.2 Å². The molecular weight excluding hydrogens is 552 g/mol. The second kappa shape index (κ2) is 13.7. The number of hydrogen-bond donors (Lipinski definition) is 2. The van der Waals surface area contributed by atoms with Crippen molar-refractivity contribution in [2.75, 3.05) is 33.4 Å². The number of likely N-dealkylation sites (tertiary alicyclic amines) is 1. The highest BCUT2D eigenvalue weighted by molar-refractivity contribution is 5.79. The predicted octanol–water partition coefficient (Wildman–Crippen LogP) is 6.28. The Morgan fingerprint density at radius 2 is 1.93 bits per heavy atom. The molecular formula is C32H42F4N2O4. The van der Waals surface area contributed by atoms with Crippen LogP contribution in [0.15, 0.2) is 36.4 Å². The Morgan fingerprint density at radius 3 is 2.60 bits per heavy atom. The summed E-state index contributed by atoms with van der Waals surface area (Å²) in [7, 11) is 1.58. The molecule has 0 spiro atoms. The molecule has 2 aliphatic rings. The molecule has 1 amide bonds. The highest BCUT2D eigenvalue weighted by atomic mass is 19.4. The zero-order valence-corrected chi connectivity index (χ0v) is 24.4. The van der Waals surface area contributed by atoms with E-state index in [-0.39, 0.29) is 59.9 Å². The van der Waals surface area contributed by atoms with Crippen LogP contribution in [-0.4, -0.2) is 55.4 Å². The van der Waals surface area contributed by atoms with Crippen molar-refractivity contribution in [3.05, 3.63) is 53.3 Å². The van der Waals surface area contributed by atoms with Crippen LogP contribution in [0.4, 0.5) is 17.6 Å². The van der Waals surface area contributed by atoms with Crippen molar-refractivity contribution in [2.24, 2.45) is 17.6 Å². The molecule has 232 valence electrons. The first kappa shape index (κ1) is 32.2. The summed E-state index contributed by atoms with van der Waals surface area (Å²) < 4.78 is 68.0. The maximum atomic E-state index is 15.7. The molecule has 0 radical (unpaired) electrons. The fraction of sp³-hybridized carbons (Fsp3) is 0.594. The Kier molecular flexibility index (Phi) is 10.5. The second-order valence-corrected chi connectivity index (χ2v) is 11.6. The number of alkyl halides is 3. The van der Waals surface area contributed by atoms with Gasteiger partial charge in [-0.25, -0.2) is 4.39 Å². The largest absolute Gasteiger partial charge is 0.494 e. The number of nitrogens with zero attached hydrogens (tertiary/aromatic N) is 1. The van der Waals surface area contributed by atoms with E-state index in [2.05, 4.69) is 0 Å². The van der Waals surface area contributed by atoms with Crippen molar-refractivity contribution in [3.8, 4) is 16.9 Å². The van der Waals surface area contributed by atoms with Crippen molar-refractivity contribution in [2.45, 2.75) is 76.1 Å². The van der Waals surface area contributed by atoms with E-state index in [0.717, 1.165) is 25.0 Å². The highest BCUT2D eigenvalue weighted by Gasteiger charge is 2.44. The number of amides is 1. The van der Waals surface area contributed by atoms with Gasteiger partial charge in [0, 0.05) is 50.2 Å². The number of aliphatic hydroxyl groups is 1. The molecule has 4 rings (SSSR count). The summed E-state index contributed by atoms with van der Waals surface area (Å²) in [5, 5.41) is 12.6. The number of ether oxygens (including phenoxy) is 2. The van der Waals surface area contributed by atoms with Crippen LogP contribution in [0, 0.1) is 17.7 Å². The minimum atomic E-state index is -4.68. The molecule has 1 saturated carbocycles. The first-order valence-corrected chi connectivity index (χ1v) is 14.9. The van der Waals surface area contributed by atoms with Gasteiger partial charge < -0.3 is 25.2 Å². The summed E-state index contributed by atoms with van der Waals surface area (Å²) in [6.45, 7) is 3.08. The molecule has 10 heteroatoms. The fourth-order valence-corrected chi connectivity index (χ4v) is 6.60. The Morgan fingerprint density at radius 1 is 1.14 bits per heavy atom. The number of carbonyl (C=O) groups is 1. The van der Waals surface area contributed by atoms with Crippen LogP contribution >= 0.6 is 0 Å². The first-order chi connectivity index (χ1) is 20.0. The van der Waals surface area contributed by atoms with E-state index in [1.807, 2.05) is 0 Å². The lowest BCUT2D eigenvalue weighted by Gasteiger charge is -2.44. The zero-order valence-electron chi connectivity index (χ0n) is 24.4. The summed E-state index contributed by atoms with van der Waals surface area (Å²) in [6, 6.07) is 7.42. The molecule has 4 atom stereocenters. The van der Waals surface area contributed by atoms with Crippen LogP contribution in [0.5, 0.6) is 5.75 Å². The Hall–Kier alpha value is -2.69. The van der Waals surface area contributed by atoms with Gasteiger partial charge in [-0.1, -0.05) is 12.1 Å². The molecule has 42 heavy (non-hydrogen) atoms. The van der Waals surface area contributed by atoms with Crippen LogP contribution in [0.2, 0.25) is 0 Å². The van der Waals surface area contributed by atoms with E-state index in [0.29, 0.717) is 45.3 Å². The van der Waals surface area contributed by atoms with E-state index in [4.69, 9.17) is 15.2 Å². The smallest absolute Gasteiger partial charge is 0.416 e. The van der Waals surface area contributed by atoms with E-state index in [1.165, 1.54) is 18.2 Å².